The smallest absolute Gasteiger partial charge is 0.193 e. The molecule has 4 heterocycles. The SMILES string of the molecule is OCCSc1ccc(-c2ccc(-c3nc4cc(O[C@@H]5COC6[C@H](O)CO[C@@H]65)[nH]c4cc3F)cc2)cc1. The molecule has 0 radical (unpaired) electrons. The molecule has 2 aliphatic heterocycles. The van der Waals surface area contributed by atoms with Gasteiger partial charge in [-0.15, -0.1) is 11.8 Å². The minimum absolute atomic E-state index is 0.150. The highest BCUT2D eigenvalue weighted by atomic mass is 32.2. The Hall–Kier alpha value is -2.95. The molecule has 0 amide bonds. The van der Waals surface area contributed by atoms with Crippen LogP contribution in [-0.2, 0) is 9.47 Å². The average molecular weight is 509 g/mol. The quantitative estimate of drug-likeness (QED) is 0.325. The summed E-state index contributed by atoms with van der Waals surface area (Å²) < 4.78 is 32.2. The normalized spacial score (nSPS) is 23.3. The second-order valence-electron chi connectivity index (χ2n) is 8.88. The van der Waals surface area contributed by atoms with Crippen LogP contribution in [-0.4, -0.2) is 70.2 Å². The first kappa shape index (κ1) is 23.4. The molecule has 2 aromatic carbocycles. The number of pyridine rings is 1. The van der Waals surface area contributed by atoms with Gasteiger partial charge in [0.05, 0.1) is 30.9 Å². The van der Waals surface area contributed by atoms with Crippen molar-refractivity contribution in [2.24, 2.45) is 0 Å². The number of rotatable bonds is 7. The Kier molecular flexibility index (Phi) is 6.41. The molecule has 0 spiro atoms. The van der Waals surface area contributed by atoms with Crippen LogP contribution in [0.4, 0.5) is 4.39 Å². The summed E-state index contributed by atoms with van der Waals surface area (Å²) in [5.74, 6) is 0.685. The molecule has 2 saturated heterocycles. The molecule has 36 heavy (non-hydrogen) atoms. The third-order valence-corrected chi connectivity index (χ3v) is 7.49. The average Bonchev–Trinajstić information content (AvgIpc) is 3.59. The highest BCUT2D eigenvalue weighted by molar-refractivity contribution is 7.99. The van der Waals surface area contributed by atoms with Crippen molar-refractivity contribution in [3.8, 4) is 28.3 Å². The van der Waals surface area contributed by atoms with Gasteiger partial charge in [0.25, 0.3) is 0 Å². The van der Waals surface area contributed by atoms with Gasteiger partial charge in [-0.2, -0.15) is 0 Å². The van der Waals surface area contributed by atoms with Gasteiger partial charge in [0.15, 0.2) is 17.8 Å². The molecular weight excluding hydrogens is 483 g/mol. The third-order valence-electron chi connectivity index (χ3n) is 6.50. The molecule has 2 aliphatic rings. The lowest BCUT2D eigenvalue weighted by Gasteiger charge is -2.16. The van der Waals surface area contributed by atoms with E-state index in [-0.39, 0.29) is 37.2 Å². The van der Waals surface area contributed by atoms with Crippen LogP contribution in [0, 0.1) is 5.82 Å². The van der Waals surface area contributed by atoms with Gasteiger partial charge in [0, 0.05) is 28.3 Å². The molecule has 2 aromatic heterocycles. The molecule has 186 valence electrons. The molecule has 0 bridgehead atoms. The maximum absolute atomic E-state index is 15.0. The summed E-state index contributed by atoms with van der Waals surface area (Å²) in [5, 5.41) is 18.9. The predicted octanol–water partition coefficient (Wildman–Crippen LogP) is 4.03. The second kappa shape index (κ2) is 9.84. The monoisotopic (exact) mass is 508 g/mol. The molecule has 4 aromatic rings. The van der Waals surface area contributed by atoms with Gasteiger partial charge in [-0.25, -0.2) is 9.37 Å². The van der Waals surface area contributed by atoms with Crippen LogP contribution in [0.1, 0.15) is 0 Å². The second-order valence-corrected chi connectivity index (χ2v) is 10.0. The van der Waals surface area contributed by atoms with Crippen molar-refractivity contribution in [2.45, 2.75) is 29.3 Å². The number of aliphatic hydroxyl groups excluding tert-OH is 2. The van der Waals surface area contributed by atoms with Crippen LogP contribution in [0.25, 0.3) is 33.4 Å². The van der Waals surface area contributed by atoms with Crippen molar-refractivity contribution in [3.63, 3.8) is 0 Å². The molecule has 4 atom stereocenters. The Morgan fingerprint density at radius 3 is 2.42 bits per heavy atom. The number of hydrogen-bond donors (Lipinski definition) is 3. The van der Waals surface area contributed by atoms with Gasteiger partial charge in [-0.3, -0.25) is 0 Å². The Balaban J connectivity index is 1.20. The first-order chi connectivity index (χ1) is 17.6. The van der Waals surface area contributed by atoms with E-state index in [9.17, 15) is 9.50 Å². The summed E-state index contributed by atoms with van der Waals surface area (Å²) in [4.78, 5) is 8.72. The minimum Gasteiger partial charge on any atom is -0.470 e. The predicted molar refractivity (Wildman–Crippen MR) is 135 cm³/mol. The summed E-state index contributed by atoms with van der Waals surface area (Å²) in [7, 11) is 0. The summed E-state index contributed by atoms with van der Waals surface area (Å²) in [6, 6.07) is 18.9. The lowest BCUT2D eigenvalue weighted by molar-refractivity contribution is 0.00794. The highest BCUT2D eigenvalue weighted by Gasteiger charge is 2.48. The number of nitrogens with one attached hydrogen (secondary N) is 1. The van der Waals surface area contributed by atoms with Gasteiger partial charge >= 0.3 is 0 Å². The number of ether oxygens (including phenoxy) is 3. The number of nitrogens with zero attached hydrogens (tertiary/aromatic N) is 1. The van der Waals surface area contributed by atoms with Crippen molar-refractivity contribution < 1.29 is 28.8 Å². The number of aromatic amines is 1. The molecule has 0 saturated carbocycles. The van der Waals surface area contributed by atoms with E-state index in [0.717, 1.165) is 16.0 Å². The lowest BCUT2D eigenvalue weighted by atomic mass is 10.0. The van der Waals surface area contributed by atoms with Crippen molar-refractivity contribution in [2.75, 3.05) is 25.6 Å². The zero-order chi connectivity index (χ0) is 24.6. The topological polar surface area (TPSA) is 96.8 Å². The molecule has 2 fully saturated rings. The highest BCUT2D eigenvalue weighted by Crippen LogP contribution is 2.32. The number of halogens is 1. The summed E-state index contributed by atoms with van der Waals surface area (Å²) in [6.07, 6.45) is -1.72. The summed E-state index contributed by atoms with van der Waals surface area (Å²) >= 11 is 1.61. The fourth-order valence-corrected chi connectivity index (χ4v) is 5.36. The van der Waals surface area contributed by atoms with Crippen molar-refractivity contribution in [3.05, 3.63) is 66.5 Å². The van der Waals surface area contributed by atoms with E-state index in [0.29, 0.717) is 34.8 Å². The molecular formula is C27H25FN2O5S. The van der Waals surface area contributed by atoms with Crippen LogP contribution in [0.2, 0.25) is 0 Å². The summed E-state index contributed by atoms with van der Waals surface area (Å²) in [6.45, 7) is 0.689. The maximum atomic E-state index is 15.0. The van der Waals surface area contributed by atoms with Crippen LogP contribution in [0.3, 0.4) is 0 Å². The fraction of sp³-hybridized carbons (Fsp3) is 0.296. The zero-order valence-electron chi connectivity index (χ0n) is 19.3. The number of benzene rings is 2. The zero-order valence-corrected chi connectivity index (χ0v) is 20.1. The van der Waals surface area contributed by atoms with E-state index in [2.05, 4.69) is 9.97 Å². The summed E-state index contributed by atoms with van der Waals surface area (Å²) in [5.41, 5.74) is 4.14. The largest absolute Gasteiger partial charge is 0.470 e. The van der Waals surface area contributed by atoms with E-state index in [1.54, 1.807) is 17.8 Å². The Bertz CT molecular complexity index is 1360. The number of H-pyrrole nitrogens is 1. The number of aromatic nitrogens is 2. The van der Waals surface area contributed by atoms with Crippen molar-refractivity contribution >= 4 is 22.8 Å². The molecule has 0 aliphatic carbocycles. The van der Waals surface area contributed by atoms with Gasteiger partial charge in [-0.05, 0) is 23.3 Å². The van der Waals surface area contributed by atoms with E-state index in [4.69, 9.17) is 19.3 Å². The first-order valence-electron chi connectivity index (χ1n) is 11.8. The van der Waals surface area contributed by atoms with Gasteiger partial charge in [-0.1, -0.05) is 36.4 Å². The third kappa shape index (κ3) is 4.49. The first-order valence-corrected chi connectivity index (χ1v) is 12.8. The molecule has 7 nitrogen and oxygen atoms in total. The van der Waals surface area contributed by atoms with E-state index in [1.807, 2.05) is 48.5 Å². The van der Waals surface area contributed by atoms with Crippen LogP contribution in [0.15, 0.2) is 65.6 Å². The number of fused-ring (bicyclic) bond motifs is 2. The fourth-order valence-electron chi connectivity index (χ4n) is 4.71. The Morgan fingerprint density at radius 2 is 1.67 bits per heavy atom. The molecule has 9 heteroatoms. The van der Waals surface area contributed by atoms with E-state index >= 15 is 0 Å². The Morgan fingerprint density at radius 1 is 0.972 bits per heavy atom. The number of thioether (sulfide) groups is 1. The van der Waals surface area contributed by atoms with E-state index < -0.39 is 11.9 Å². The number of aliphatic hydroxyl groups is 2. The maximum Gasteiger partial charge on any atom is 0.193 e. The van der Waals surface area contributed by atoms with Gasteiger partial charge < -0.3 is 29.4 Å². The van der Waals surface area contributed by atoms with Gasteiger partial charge in [0.2, 0.25) is 0 Å². The van der Waals surface area contributed by atoms with Crippen molar-refractivity contribution in [1.82, 2.24) is 9.97 Å². The number of hydrogen-bond acceptors (Lipinski definition) is 7. The lowest BCUT2D eigenvalue weighted by Crippen LogP contribution is -2.34. The van der Waals surface area contributed by atoms with Crippen LogP contribution >= 0.6 is 11.8 Å². The Labute approximate surface area is 211 Å². The molecule has 1 unspecified atom stereocenters. The standard InChI is InChI=1S/C27H25FN2O5S/c28-19-11-20-21(12-24(29-20)35-23-14-34-26-22(32)13-33-27(23)26)30-25(19)17-3-1-15(2-4-17)16-5-7-18(8-6-16)36-10-9-31/h1-8,11-12,22-23,26-27,29,31-32H,9-10,13-14H2/t22-,23-,26?,27-/m1/s1. The van der Waals surface area contributed by atoms with E-state index in [1.165, 1.54) is 6.07 Å². The van der Waals surface area contributed by atoms with Crippen LogP contribution in [0.5, 0.6) is 5.88 Å². The van der Waals surface area contributed by atoms with Crippen molar-refractivity contribution in [1.29, 1.82) is 0 Å². The molecule has 6 rings (SSSR count). The minimum atomic E-state index is -0.647. The van der Waals surface area contributed by atoms with Crippen LogP contribution < -0.4 is 4.74 Å². The van der Waals surface area contributed by atoms with Gasteiger partial charge in [0.1, 0.15) is 24.0 Å². The molecule has 3 N–H and O–H groups in total.